The minimum Gasteiger partial charge on any atom is -0.459 e. The smallest absolute Gasteiger partial charge is 0.348 e. The molecule has 0 aliphatic rings. The Labute approximate surface area is 111 Å². The molecule has 0 aliphatic carbocycles. The van der Waals surface area contributed by atoms with E-state index in [-0.39, 0.29) is 12.0 Å². The number of carbonyl (C=O) groups is 2. The Hall–Kier alpha value is -1.56. The lowest BCUT2D eigenvalue weighted by Crippen LogP contribution is -2.23. The summed E-state index contributed by atoms with van der Waals surface area (Å²) in [5.41, 5.74) is 6.79. The van der Waals surface area contributed by atoms with E-state index in [4.69, 9.17) is 10.5 Å². The third-order valence-electron chi connectivity index (χ3n) is 2.32. The van der Waals surface area contributed by atoms with E-state index in [1.165, 1.54) is 4.90 Å². The van der Waals surface area contributed by atoms with Crippen molar-refractivity contribution in [2.45, 2.75) is 26.9 Å². The molecule has 18 heavy (non-hydrogen) atoms. The lowest BCUT2D eigenvalue weighted by atomic mass is 10.1. The molecule has 2 N–H and O–H groups in total. The van der Waals surface area contributed by atoms with Gasteiger partial charge >= 0.3 is 5.97 Å². The summed E-state index contributed by atoms with van der Waals surface area (Å²) < 4.78 is 5.12. The molecule has 1 aromatic heterocycles. The predicted octanol–water partition coefficient (Wildman–Crippen LogP) is 1.91. The monoisotopic (exact) mass is 270 g/mol. The van der Waals surface area contributed by atoms with E-state index in [0.29, 0.717) is 21.0 Å². The quantitative estimate of drug-likeness (QED) is 0.851. The second kappa shape index (κ2) is 5.39. The Kier molecular flexibility index (Phi) is 4.34. The molecule has 0 saturated carbocycles. The zero-order chi connectivity index (χ0) is 14.0. The van der Waals surface area contributed by atoms with Crippen molar-refractivity contribution in [3.05, 3.63) is 16.0 Å². The average Bonchev–Trinajstić information content (AvgIpc) is 2.52. The molecule has 0 saturated heterocycles. The van der Waals surface area contributed by atoms with Crippen LogP contribution in [-0.2, 0) is 4.74 Å². The molecule has 0 aromatic carbocycles. The van der Waals surface area contributed by atoms with E-state index in [0.717, 1.165) is 11.3 Å². The number of carbonyl (C=O) groups excluding carboxylic acids is 2. The first-order valence-corrected chi connectivity index (χ1v) is 6.38. The largest absolute Gasteiger partial charge is 0.459 e. The van der Waals surface area contributed by atoms with E-state index < -0.39 is 5.97 Å². The summed E-state index contributed by atoms with van der Waals surface area (Å²) in [6, 6.07) is 0. The second-order valence-electron chi connectivity index (χ2n) is 4.45. The summed E-state index contributed by atoms with van der Waals surface area (Å²) in [6.07, 6.45) is -0.201. The Morgan fingerprint density at radius 1 is 1.33 bits per heavy atom. The molecule has 0 unspecified atom stereocenters. The van der Waals surface area contributed by atoms with Crippen LogP contribution in [0.2, 0.25) is 0 Å². The van der Waals surface area contributed by atoms with Crippen molar-refractivity contribution in [3.63, 3.8) is 0 Å². The standard InChI is InChI=1S/C12H18N2O3S/c1-6(2)17-12(16)9-7(3)8(10(13)18-9)11(15)14(4)5/h6H,13H2,1-5H3. The highest BCUT2D eigenvalue weighted by Gasteiger charge is 2.25. The molecule has 6 heteroatoms. The maximum Gasteiger partial charge on any atom is 0.348 e. The maximum atomic E-state index is 11.9. The molecular weight excluding hydrogens is 252 g/mol. The van der Waals surface area contributed by atoms with Gasteiger partial charge in [0.1, 0.15) is 4.88 Å². The van der Waals surface area contributed by atoms with Crippen LogP contribution in [0.1, 0.15) is 39.4 Å². The van der Waals surface area contributed by atoms with Crippen molar-refractivity contribution >= 4 is 28.2 Å². The predicted molar refractivity (Wildman–Crippen MR) is 72.0 cm³/mol. The number of ether oxygens (including phenoxy) is 1. The molecule has 0 aliphatic heterocycles. The van der Waals surface area contributed by atoms with Gasteiger partial charge in [-0.1, -0.05) is 0 Å². The van der Waals surface area contributed by atoms with Gasteiger partial charge in [-0.25, -0.2) is 4.79 Å². The minimum absolute atomic E-state index is 0.201. The molecule has 0 bridgehead atoms. The average molecular weight is 270 g/mol. The minimum atomic E-state index is -0.433. The van der Waals surface area contributed by atoms with E-state index in [1.54, 1.807) is 34.9 Å². The Balaban J connectivity index is 3.16. The number of nitrogens with zero attached hydrogens (tertiary/aromatic N) is 1. The van der Waals surface area contributed by atoms with Crippen LogP contribution in [0, 0.1) is 6.92 Å². The van der Waals surface area contributed by atoms with E-state index in [2.05, 4.69) is 0 Å². The summed E-state index contributed by atoms with van der Waals surface area (Å²) in [7, 11) is 3.29. The first-order chi connectivity index (χ1) is 8.25. The number of nitrogens with two attached hydrogens (primary N) is 1. The number of amides is 1. The summed E-state index contributed by atoms with van der Waals surface area (Å²) >= 11 is 1.09. The van der Waals surface area contributed by atoms with Crippen molar-refractivity contribution in [2.75, 3.05) is 19.8 Å². The number of rotatable bonds is 3. The normalized spacial score (nSPS) is 10.6. The highest BCUT2D eigenvalue weighted by Crippen LogP contribution is 2.31. The van der Waals surface area contributed by atoms with Gasteiger partial charge in [-0.15, -0.1) is 11.3 Å². The van der Waals surface area contributed by atoms with Crippen LogP contribution in [0.4, 0.5) is 5.00 Å². The zero-order valence-electron chi connectivity index (χ0n) is 11.2. The topological polar surface area (TPSA) is 72.6 Å². The van der Waals surface area contributed by atoms with Gasteiger partial charge in [0.05, 0.1) is 16.7 Å². The molecule has 0 spiro atoms. The zero-order valence-corrected chi connectivity index (χ0v) is 12.1. The number of hydrogen-bond acceptors (Lipinski definition) is 5. The van der Waals surface area contributed by atoms with Gasteiger partial charge in [-0.3, -0.25) is 4.79 Å². The fourth-order valence-electron chi connectivity index (χ4n) is 1.49. The molecule has 1 heterocycles. The fraction of sp³-hybridized carbons (Fsp3) is 0.500. The lowest BCUT2D eigenvalue weighted by Gasteiger charge is -2.11. The van der Waals surface area contributed by atoms with Gasteiger partial charge in [0.15, 0.2) is 0 Å². The van der Waals surface area contributed by atoms with Crippen LogP contribution < -0.4 is 5.73 Å². The third kappa shape index (κ3) is 2.81. The molecule has 1 amide bonds. The Morgan fingerprint density at radius 2 is 1.89 bits per heavy atom. The first-order valence-electron chi connectivity index (χ1n) is 5.57. The SMILES string of the molecule is Cc1c(C(=O)OC(C)C)sc(N)c1C(=O)N(C)C. The maximum absolute atomic E-state index is 11.9. The van der Waals surface area contributed by atoms with Gasteiger partial charge in [0.25, 0.3) is 5.91 Å². The molecule has 1 aromatic rings. The van der Waals surface area contributed by atoms with Crippen molar-refractivity contribution in [3.8, 4) is 0 Å². The molecular formula is C12H18N2O3S. The molecule has 0 fully saturated rings. The van der Waals surface area contributed by atoms with Gasteiger partial charge in [0.2, 0.25) is 0 Å². The molecule has 5 nitrogen and oxygen atoms in total. The van der Waals surface area contributed by atoms with Crippen molar-refractivity contribution in [2.24, 2.45) is 0 Å². The molecule has 1 rings (SSSR count). The van der Waals surface area contributed by atoms with Gasteiger partial charge in [-0.2, -0.15) is 0 Å². The van der Waals surface area contributed by atoms with Crippen molar-refractivity contribution in [1.82, 2.24) is 4.90 Å². The lowest BCUT2D eigenvalue weighted by molar-refractivity contribution is 0.0383. The highest BCUT2D eigenvalue weighted by molar-refractivity contribution is 7.18. The van der Waals surface area contributed by atoms with Gasteiger partial charge in [0, 0.05) is 14.1 Å². The highest BCUT2D eigenvalue weighted by atomic mass is 32.1. The van der Waals surface area contributed by atoms with E-state index in [9.17, 15) is 9.59 Å². The number of anilines is 1. The summed E-state index contributed by atoms with van der Waals surface area (Å²) in [5, 5.41) is 0.349. The third-order valence-corrected chi connectivity index (χ3v) is 3.42. The number of nitrogen functional groups attached to an aromatic ring is 1. The van der Waals surface area contributed by atoms with Crippen molar-refractivity contribution in [1.29, 1.82) is 0 Å². The number of esters is 1. The molecule has 100 valence electrons. The Morgan fingerprint density at radius 3 is 2.33 bits per heavy atom. The number of thiophene rings is 1. The van der Waals surface area contributed by atoms with E-state index >= 15 is 0 Å². The van der Waals surface area contributed by atoms with Crippen molar-refractivity contribution < 1.29 is 14.3 Å². The van der Waals surface area contributed by atoms with Crippen LogP contribution in [0.15, 0.2) is 0 Å². The van der Waals surface area contributed by atoms with Gasteiger partial charge in [-0.05, 0) is 26.3 Å². The van der Waals surface area contributed by atoms with Gasteiger partial charge < -0.3 is 15.4 Å². The molecule has 0 radical (unpaired) electrons. The van der Waals surface area contributed by atoms with Crippen LogP contribution in [0.3, 0.4) is 0 Å². The fourth-order valence-corrected chi connectivity index (χ4v) is 2.44. The summed E-state index contributed by atoms with van der Waals surface area (Å²) in [6.45, 7) is 5.26. The van der Waals surface area contributed by atoms with Crippen LogP contribution in [0.25, 0.3) is 0 Å². The first kappa shape index (κ1) is 14.5. The Bertz CT molecular complexity index is 478. The molecule has 0 atom stereocenters. The van der Waals surface area contributed by atoms with Crippen LogP contribution in [-0.4, -0.2) is 37.0 Å². The summed E-state index contributed by atoms with van der Waals surface area (Å²) in [4.78, 5) is 25.6. The number of hydrogen-bond donors (Lipinski definition) is 1. The van der Waals surface area contributed by atoms with E-state index in [1.807, 2.05) is 0 Å². The summed E-state index contributed by atoms with van der Waals surface area (Å²) in [5.74, 6) is -0.637. The van der Waals surface area contributed by atoms with Crippen LogP contribution >= 0.6 is 11.3 Å². The second-order valence-corrected chi connectivity index (χ2v) is 5.50. The van der Waals surface area contributed by atoms with Crippen LogP contribution in [0.5, 0.6) is 0 Å².